The molecule has 0 aliphatic heterocycles. The van der Waals surface area contributed by atoms with Crippen LogP contribution >= 0.6 is 0 Å². The van der Waals surface area contributed by atoms with Crippen LogP contribution in [0.15, 0.2) is 47.4 Å². The van der Waals surface area contributed by atoms with Crippen LogP contribution in [0.1, 0.15) is 15.9 Å². The van der Waals surface area contributed by atoms with Crippen LogP contribution in [0.2, 0.25) is 0 Å². The van der Waals surface area contributed by atoms with Gasteiger partial charge in [0, 0.05) is 17.4 Å². The summed E-state index contributed by atoms with van der Waals surface area (Å²) in [5.41, 5.74) is 5.74. The Morgan fingerprint density at radius 2 is 1.60 bits per heavy atom. The zero-order chi connectivity index (χ0) is 14.9. The third-order valence-corrected chi connectivity index (χ3v) is 3.94. The topological polar surface area (TPSA) is 77.2 Å². The minimum Gasteiger partial charge on any atom is -0.396 e. The smallest absolute Gasteiger partial charge is 0.193 e. The molecule has 4 nitrogen and oxygen atoms in total. The number of nitrogens with two attached hydrogens (primary N) is 1. The van der Waals surface area contributed by atoms with Gasteiger partial charge in [-0.25, -0.2) is 12.8 Å². The van der Waals surface area contributed by atoms with Gasteiger partial charge in [-0.1, -0.05) is 0 Å². The van der Waals surface area contributed by atoms with E-state index in [-0.39, 0.29) is 21.7 Å². The van der Waals surface area contributed by atoms with Crippen LogP contribution in [0.25, 0.3) is 0 Å². The normalized spacial score (nSPS) is 11.3. The summed E-state index contributed by atoms with van der Waals surface area (Å²) in [4.78, 5) is 12.2. The molecule has 0 aromatic heterocycles. The van der Waals surface area contributed by atoms with Crippen molar-refractivity contribution in [1.29, 1.82) is 0 Å². The van der Waals surface area contributed by atoms with Crippen molar-refractivity contribution in [1.82, 2.24) is 0 Å². The van der Waals surface area contributed by atoms with E-state index >= 15 is 0 Å². The predicted octanol–water partition coefficient (Wildman–Crippen LogP) is 2.04. The van der Waals surface area contributed by atoms with Crippen molar-refractivity contribution in [2.24, 2.45) is 0 Å². The Bertz CT molecular complexity index is 768. The number of halogens is 1. The van der Waals surface area contributed by atoms with Crippen LogP contribution in [0.4, 0.5) is 10.1 Å². The van der Waals surface area contributed by atoms with Gasteiger partial charge in [-0.05, 0) is 42.5 Å². The van der Waals surface area contributed by atoms with Gasteiger partial charge in [-0.3, -0.25) is 4.79 Å². The molecule has 0 heterocycles. The van der Waals surface area contributed by atoms with Crippen LogP contribution in [-0.4, -0.2) is 20.5 Å². The van der Waals surface area contributed by atoms with E-state index in [1.165, 1.54) is 36.4 Å². The minimum absolute atomic E-state index is 0.0334. The average Bonchev–Trinajstić information content (AvgIpc) is 2.40. The fourth-order valence-electron chi connectivity index (χ4n) is 1.69. The van der Waals surface area contributed by atoms with Gasteiger partial charge in [-0.15, -0.1) is 0 Å². The third-order valence-electron chi connectivity index (χ3n) is 2.81. The lowest BCUT2D eigenvalue weighted by Gasteiger charge is -2.04. The molecule has 0 amide bonds. The maximum atomic E-state index is 13.3. The standard InChI is InChI=1S/C14H12FNO3S/c1-20(18,19)11-5-2-9(3-6-11)14(17)10-4-7-13(16)12(15)8-10/h2-8H,16H2,1H3. The Balaban J connectivity index is 2.36. The molecular formula is C14H12FNO3S. The largest absolute Gasteiger partial charge is 0.396 e. The van der Waals surface area contributed by atoms with Crippen molar-refractivity contribution in [2.45, 2.75) is 4.90 Å². The third kappa shape index (κ3) is 2.85. The molecule has 0 aliphatic rings. The molecule has 0 spiro atoms. The summed E-state index contributed by atoms with van der Waals surface area (Å²) >= 11 is 0. The van der Waals surface area contributed by atoms with Crippen molar-refractivity contribution in [2.75, 3.05) is 12.0 Å². The first-order chi connectivity index (χ1) is 9.29. The Morgan fingerprint density at radius 1 is 1.05 bits per heavy atom. The predicted molar refractivity (Wildman–Crippen MR) is 73.8 cm³/mol. The highest BCUT2D eigenvalue weighted by Crippen LogP contribution is 2.17. The maximum Gasteiger partial charge on any atom is 0.193 e. The van der Waals surface area contributed by atoms with E-state index in [9.17, 15) is 17.6 Å². The highest BCUT2D eigenvalue weighted by molar-refractivity contribution is 7.90. The fraction of sp³-hybridized carbons (Fsp3) is 0.0714. The number of rotatable bonds is 3. The Kier molecular flexibility index (Phi) is 3.59. The van der Waals surface area contributed by atoms with Crippen molar-refractivity contribution in [3.63, 3.8) is 0 Å². The van der Waals surface area contributed by atoms with Crippen molar-refractivity contribution in [3.8, 4) is 0 Å². The number of carbonyl (C=O) groups is 1. The lowest BCUT2D eigenvalue weighted by atomic mass is 10.0. The fourth-order valence-corrected chi connectivity index (χ4v) is 2.32. The zero-order valence-corrected chi connectivity index (χ0v) is 11.4. The van der Waals surface area contributed by atoms with Crippen molar-refractivity contribution >= 4 is 21.3 Å². The van der Waals surface area contributed by atoms with Crippen LogP contribution in [-0.2, 0) is 9.84 Å². The Labute approximate surface area is 116 Å². The average molecular weight is 293 g/mol. The second-order valence-corrected chi connectivity index (χ2v) is 6.38. The summed E-state index contributed by atoms with van der Waals surface area (Å²) in [5, 5.41) is 0. The van der Waals surface area contributed by atoms with E-state index < -0.39 is 21.4 Å². The van der Waals surface area contributed by atoms with Gasteiger partial charge >= 0.3 is 0 Å². The molecule has 20 heavy (non-hydrogen) atoms. The summed E-state index contributed by atoms with van der Waals surface area (Å²) in [5.74, 6) is -1.06. The summed E-state index contributed by atoms with van der Waals surface area (Å²) in [6.45, 7) is 0. The molecule has 0 aliphatic carbocycles. The number of hydrogen-bond donors (Lipinski definition) is 1. The quantitative estimate of drug-likeness (QED) is 0.694. The number of nitrogen functional groups attached to an aromatic ring is 1. The molecule has 2 aromatic carbocycles. The Morgan fingerprint density at radius 3 is 2.10 bits per heavy atom. The molecule has 0 saturated carbocycles. The Hall–Kier alpha value is -2.21. The van der Waals surface area contributed by atoms with Crippen LogP contribution < -0.4 is 5.73 Å². The molecule has 0 bridgehead atoms. The van der Waals surface area contributed by atoms with Gasteiger partial charge in [-0.2, -0.15) is 0 Å². The van der Waals surface area contributed by atoms with Gasteiger partial charge in [0.05, 0.1) is 10.6 Å². The first-order valence-corrected chi connectivity index (χ1v) is 7.58. The summed E-state index contributed by atoms with van der Waals surface area (Å²) in [6.07, 6.45) is 1.08. The van der Waals surface area contributed by atoms with Crippen LogP contribution in [0.5, 0.6) is 0 Å². The van der Waals surface area contributed by atoms with Crippen LogP contribution in [0, 0.1) is 5.82 Å². The van der Waals surface area contributed by atoms with E-state index in [4.69, 9.17) is 5.73 Å². The van der Waals surface area contributed by atoms with E-state index in [1.54, 1.807) is 0 Å². The molecule has 2 aromatic rings. The lowest BCUT2D eigenvalue weighted by molar-refractivity contribution is 0.103. The molecule has 0 fully saturated rings. The highest BCUT2D eigenvalue weighted by atomic mass is 32.2. The minimum atomic E-state index is -3.31. The summed E-state index contributed by atoms with van der Waals surface area (Å²) < 4.78 is 36.0. The first-order valence-electron chi connectivity index (χ1n) is 5.69. The number of benzene rings is 2. The van der Waals surface area contributed by atoms with E-state index in [1.807, 2.05) is 0 Å². The van der Waals surface area contributed by atoms with E-state index in [0.29, 0.717) is 0 Å². The summed E-state index contributed by atoms with van der Waals surface area (Å²) in [7, 11) is -3.31. The number of sulfone groups is 1. The molecule has 6 heteroatoms. The van der Waals surface area contributed by atoms with Crippen LogP contribution in [0.3, 0.4) is 0 Å². The highest BCUT2D eigenvalue weighted by Gasteiger charge is 2.13. The van der Waals surface area contributed by atoms with Gasteiger partial charge in [0.2, 0.25) is 0 Å². The molecule has 2 N–H and O–H groups in total. The number of carbonyl (C=O) groups excluding carboxylic acids is 1. The van der Waals surface area contributed by atoms with Gasteiger partial charge in [0.25, 0.3) is 0 Å². The summed E-state index contributed by atoms with van der Waals surface area (Å²) in [6, 6.07) is 9.27. The monoisotopic (exact) mass is 293 g/mol. The molecule has 0 unspecified atom stereocenters. The second-order valence-electron chi connectivity index (χ2n) is 4.36. The van der Waals surface area contributed by atoms with E-state index in [2.05, 4.69) is 0 Å². The molecule has 2 rings (SSSR count). The van der Waals surface area contributed by atoms with Gasteiger partial charge < -0.3 is 5.73 Å². The van der Waals surface area contributed by atoms with Gasteiger partial charge in [0.15, 0.2) is 15.6 Å². The first kappa shape index (κ1) is 14.2. The lowest BCUT2D eigenvalue weighted by Crippen LogP contribution is -2.04. The van der Waals surface area contributed by atoms with Gasteiger partial charge in [0.1, 0.15) is 5.82 Å². The number of ketones is 1. The van der Waals surface area contributed by atoms with Crippen molar-refractivity contribution < 1.29 is 17.6 Å². The number of hydrogen-bond acceptors (Lipinski definition) is 4. The maximum absolute atomic E-state index is 13.3. The second kappa shape index (κ2) is 5.05. The SMILES string of the molecule is CS(=O)(=O)c1ccc(C(=O)c2ccc(N)c(F)c2)cc1. The molecule has 104 valence electrons. The van der Waals surface area contributed by atoms with Crippen molar-refractivity contribution in [3.05, 3.63) is 59.4 Å². The zero-order valence-electron chi connectivity index (χ0n) is 10.6. The van der Waals surface area contributed by atoms with E-state index in [0.717, 1.165) is 12.3 Å². The molecule has 0 atom stereocenters. The molecule has 0 radical (unpaired) electrons. The molecular weight excluding hydrogens is 281 g/mol. The number of anilines is 1. The molecule has 0 saturated heterocycles.